The molecule has 2 heterocycles. The van der Waals surface area contributed by atoms with Crippen LogP contribution in [0, 0.1) is 6.92 Å². The van der Waals surface area contributed by atoms with Gasteiger partial charge in [-0.05, 0) is 38.5 Å². The normalized spacial score (nSPS) is 11.2. The molecule has 108 valence electrons. The van der Waals surface area contributed by atoms with Crippen molar-refractivity contribution in [2.24, 2.45) is 0 Å². The van der Waals surface area contributed by atoms with Gasteiger partial charge in [-0.2, -0.15) is 0 Å². The Hall–Kier alpha value is -2.56. The first kappa shape index (κ1) is 13.4. The number of pyridine rings is 1. The van der Waals surface area contributed by atoms with Crippen LogP contribution < -0.4 is 5.32 Å². The molecule has 0 fully saturated rings. The lowest BCUT2D eigenvalue weighted by atomic mass is 10.1. The molecule has 0 aliphatic heterocycles. The van der Waals surface area contributed by atoms with Crippen molar-refractivity contribution in [3.05, 3.63) is 42.1 Å². The van der Waals surface area contributed by atoms with Crippen LogP contribution in [0.15, 0.2) is 36.5 Å². The molecule has 0 atom stereocenters. The highest BCUT2D eigenvalue weighted by molar-refractivity contribution is 5.86. The minimum absolute atomic E-state index is 0.212. The van der Waals surface area contributed by atoms with Gasteiger partial charge in [0.15, 0.2) is 5.82 Å². The number of aromatic hydroxyl groups is 1. The van der Waals surface area contributed by atoms with Crippen molar-refractivity contribution in [3.63, 3.8) is 0 Å². The van der Waals surface area contributed by atoms with Gasteiger partial charge in [-0.1, -0.05) is 6.07 Å². The molecule has 0 bridgehead atoms. The van der Waals surface area contributed by atoms with Gasteiger partial charge in [0.25, 0.3) is 0 Å². The Morgan fingerprint density at radius 1 is 1.19 bits per heavy atom. The van der Waals surface area contributed by atoms with E-state index in [1.54, 1.807) is 10.7 Å². The molecule has 3 aromatic rings. The third kappa shape index (κ3) is 2.67. The van der Waals surface area contributed by atoms with Gasteiger partial charge in [-0.3, -0.25) is 0 Å². The number of aryl methyl sites for hydroxylation is 1. The second-order valence-corrected chi connectivity index (χ2v) is 5.46. The Bertz CT molecular complexity index is 792. The van der Waals surface area contributed by atoms with E-state index in [-0.39, 0.29) is 5.75 Å². The van der Waals surface area contributed by atoms with Crippen LogP contribution >= 0.6 is 0 Å². The van der Waals surface area contributed by atoms with E-state index >= 15 is 0 Å². The number of benzene rings is 1. The molecule has 0 saturated carbocycles. The van der Waals surface area contributed by atoms with Crippen molar-refractivity contribution < 1.29 is 5.11 Å². The topological polar surface area (TPSA) is 63.0 Å². The van der Waals surface area contributed by atoms with Gasteiger partial charge in [0.05, 0.1) is 5.52 Å². The molecular weight excluding hydrogens is 264 g/mol. The number of hydrogen-bond acceptors (Lipinski definition) is 4. The van der Waals surface area contributed by atoms with Crippen LogP contribution in [0.1, 0.15) is 19.4 Å². The molecule has 0 unspecified atom stereocenters. The van der Waals surface area contributed by atoms with Gasteiger partial charge >= 0.3 is 0 Å². The number of nitrogens with zero attached hydrogens (tertiary/aromatic N) is 3. The lowest BCUT2D eigenvalue weighted by Gasteiger charge is -2.07. The second-order valence-electron chi connectivity index (χ2n) is 5.46. The largest absolute Gasteiger partial charge is 0.507 e. The zero-order valence-corrected chi connectivity index (χ0v) is 12.3. The number of nitrogens with one attached hydrogen (secondary N) is 1. The molecule has 0 spiro atoms. The summed E-state index contributed by atoms with van der Waals surface area (Å²) in [4.78, 5) is 4.57. The first-order valence-corrected chi connectivity index (χ1v) is 6.96. The molecule has 0 amide bonds. The van der Waals surface area contributed by atoms with Gasteiger partial charge < -0.3 is 10.4 Å². The second kappa shape index (κ2) is 5.09. The van der Waals surface area contributed by atoms with E-state index in [0.717, 1.165) is 22.3 Å². The fourth-order valence-corrected chi connectivity index (χ4v) is 2.25. The predicted octanol–water partition coefficient (Wildman–Crippen LogP) is 3.25. The average molecular weight is 282 g/mol. The van der Waals surface area contributed by atoms with Crippen molar-refractivity contribution in [2.45, 2.75) is 26.8 Å². The maximum Gasteiger partial charge on any atom is 0.157 e. The molecule has 2 N–H and O–H groups in total. The molecule has 0 radical (unpaired) electrons. The highest BCUT2D eigenvalue weighted by Crippen LogP contribution is 2.26. The van der Waals surface area contributed by atoms with Crippen LogP contribution in [0.25, 0.3) is 16.7 Å². The first-order chi connectivity index (χ1) is 10.0. The Morgan fingerprint density at radius 2 is 2.00 bits per heavy atom. The monoisotopic (exact) mass is 282 g/mol. The van der Waals surface area contributed by atoms with Gasteiger partial charge in [0.2, 0.25) is 0 Å². The SMILES string of the molecule is Cc1ccc2c(O)cc(-n3ccc(NC(C)C)n3)nc2c1. The van der Waals surface area contributed by atoms with E-state index in [4.69, 9.17) is 0 Å². The van der Waals surface area contributed by atoms with Crippen LogP contribution in [-0.2, 0) is 0 Å². The van der Waals surface area contributed by atoms with E-state index in [9.17, 15) is 5.11 Å². The number of anilines is 1. The minimum Gasteiger partial charge on any atom is -0.507 e. The number of rotatable bonds is 3. The van der Waals surface area contributed by atoms with Crippen LogP contribution in [-0.4, -0.2) is 25.9 Å². The zero-order valence-electron chi connectivity index (χ0n) is 12.3. The molecule has 3 rings (SSSR count). The first-order valence-electron chi connectivity index (χ1n) is 6.96. The molecular formula is C16H18N4O. The van der Waals surface area contributed by atoms with E-state index < -0.39 is 0 Å². The molecule has 5 heteroatoms. The summed E-state index contributed by atoms with van der Waals surface area (Å²) >= 11 is 0. The summed E-state index contributed by atoms with van der Waals surface area (Å²) in [5, 5.41) is 18.6. The smallest absolute Gasteiger partial charge is 0.157 e. The number of fused-ring (bicyclic) bond motifs is 1. The summed E-state index contributed by atoms with van der Waals surface area (Å²) in [6.07, 6.45) is 1.83. The fourth-order valence-electron chi connectivity index (χ4n) is 2.25. The summed E-state index contributed by atoms with van der Waals surface area (Å²) in [5.74, 6) is 1.60. The van der Waals surface area contributed by atoms with Crippen molar-refractivity contribution in [2.75, 3.05) is 5.32 Å². The summed E-state index contributed by atoms with van der Waals surface area (Å²) in [6.45, 7) is 6.12. The molecule has 2 aromatic heterocycles. The van der Waals surface area contributed by atoms with Crippen molar-refractivity contribution in [1.29, 1.82) is 0 Å². The molecule has 21 heavy (non-hydrogen) atoms. The average Bonchev–Trinajstić information content (AvgIpc) is 2.85. The van der Waals surface area contributed by atoms with E-state index in [1.165, 1.54) is 0 Å². The Balaban J connectivity index is 2.06. The van der Waals surface area contributed by atoms with Crippen LogP contribution in [0.3, 0.4) is 0 Å². The summed E-state index contributed by atoms with van der Waals surface area (Å²) in [6, 6.07) is 9.63. The minimum atomic E-state index is 0.212. The fraction of sp³-hybridized carbons (Fsp3) is 0.250. The van der Waals surface area contributed by atoms with Crippen molar-refractivity contribution in [1.82, 2.24) is 14.8 Å². The van der Waals surface area contributed by atoms with Gasteiger partial charge in [-0.15, -0.1) is 5.10 Å². The number of hydrogen-bond donors (Lipinski definition) is 2. The molecule has 0 aliphatic rings. The van der Waals surface area contributed by atoms with E-state index in [2.05, 4.69) is 29.2 Å². The van der Waals surface area contributed by atoms with Gasteiger partial charge in [0.1, 0.15) is 11.6 Å². The summed E-state index contributed by atoms with van der Waals surface area (Å²) < 4.78 is 1.66. The summed E-state index contributed by atoms with van der Waals surface area (Å²) in [7, 11) is 0. The standard InChI is InChI=1S/C16H18N4O/c1-10(2)17-15-6-7-20(19-15)16-9-14(21)12-5-4-11(3)8-13(12)18-16/h4-10H,1-3H3,(H,17,19)(H,18,21). The Labute approximate surface area is 123 Å². The van der Waals surface area contributed by atoms with Gasteiger partial charge in [-0.25, -0.2) is 9.67 Å². The van der Waals surface area contributed by atoms with Crippen molar-refractivity contribution in [3.8, 4) is 11.6 Å². The quantitative estimate of drug-likeness (QED) is 0.774. The van der Waals surface area contributed by atoms with Crippen LogP contribution in [0.2, 0.25) is 0 Å². The van der Waals surface area contributed by atoms with Crippen LogP contribution in [0.4, 0.5) is 5.82 Å². The Kier molecular flexibility index (Phi) is 3.25. The molecule has 0 saturated heterocycles. The van der Waals surface area contributed by atoms with Gasteiger partial charge in [0, 0.05) is 29.8 Å². The third-order valence-corrected chi connectivity index (χ3v) is 3.19. The van der Waals surface area contributed by atoms with E-state index in [1.807, 2.05) is 37.4 Å². The lowest BCUT2D eigenvalue weighted by Crippen LogP contribution is -2.10. The predicted molar refractivity (Wildman–Crippen MR) is 84.0 cm³/mol. The maximum atomic E-state index is 10.2. The number of aromatic nitrogens is 3. The summed E-state index contributed by atoms with van der Waals surface area (Å²) in [5.41, 5.74) is 1.87. The van der Waals surface area contributed by atoms with Crippen molar-refractivity contribution >= 4 is 16.7 Å². The van der Waals surface area contributed by atoms with Crippen LogP contribution in [0.5, 0.6) is 5.75 Å². The lowest BCUT2D eigenvalue weighted by molar-refractivity contribution is 0.480. The molecule has 5 nitrogen and oxygen atoms in total. The molecule has 0 aliphatic carbocycles. The van der Waals surface area contributed by atoms with E-state index in [0.29, 0.717) is 11.9 Å². The zero-order chi connectivity index (χ0) is 15.0. The Morgan fingerprint density at radius 3 is 2.76 bits per heavy atom. The highest BCUT2D eigenvalue weighted by atomic mass is 16.3. The third-order valence-electron chi connectivity index (χ3n) is 3.19. The maximum absolute atomic E-state index is 10.2. The molecule has 1 aromatic carbocycles. The highest BCUT2D eigenvalue weighted by Gasteiger charge is 2.08.